The lowest BCUT2D eigenvalue weighted by atomic mass is 10.2. The summed E-state index contributed by atoms with van der Waals surface area (Å²) in [4.78, 5) is 40.4. The predicted octanol–water partition coefficient (Wildman–Crippen LogP) is 0.894. The highest BCUT2D eigenvalue weighted by atomic mass is 19.1. The topological polar surface area (TPSA) is 113 Å². The molecule has 0 amide bonds. The zero-order valence-corrected chi connectivity index (χ0v) is 13.9. The molecule has 2 aromatic heterocycles. The van der Waals surface area contributed by atoms with Gasteiger partial charge in [0.15, 0.2) is 17.7 Å². The Balaban J connectivity index is 2.37. The van der Waals surface area contributed by atoms with Gasteiger partial charge in [0.25, 0.3) is 5.56 Å². The normalized spacial score (nSPS) is 13.4. The summed E-state index contributed by atoms with van der Waals surface area (Å²) in [6, 6.07) is 0. The number of H-pyrrole nitrogens is 1. The maximum Gasteiger partial charge on any atom is 0.304 e. The Morgan fingerprint density at radius 1 is 1.36 bits per heavy atom. The molecule has 0 unspecified atom stereocenters. The lowest BCUT2D eigenvalue weighted by molar-refractivity contribution is -0.156. The molecule has 25 heavy (non-hydrogen) atoms. The maximum absolute atomic E-state index is 14.1. The molecule has 9 nitrogen and oxygen atoms in total. The molecule has 0 fully saturated rings. The monoisotopic (exact) mass is 355 g/mol. The highest BCUT2D eigenvalue weighted by molar-refractivity contribution is 5.76. The van der Waals surface area contributed by atoms with Gasteiger partial charge in [0.1, 0.15) is 12.0 Å². The molecule has 2 atom stereocenters. The van der Waals surface area contributed by atoms with Gasteiger partial charge in [0, 0.05) is 33.6 Å². The minimum atomic E-state index is -1.00. The van der Waals surface area contributed by atoms with Crippen LogP contribution in [-0.2, 0) is 23.8 Å². The molecule has 0 aliphatic rings. The minimum absolute atomic E-state index is 0.0230. The molecule has 0 aromatic carbocycles. The second-order valence-corrected chi connectivity index (χ2v) is 5.27. The fourth-order valence-corrected chi connectivity index (χ4v) is 2.35. The van der Waals surface area contributed by atoms with Crippen molar-refractivity contribution in [3.8, 4) is 0 Å². The molecule has 0 aliphatic heterocycles. The summed E-state index contributed by atoms with van der Waals surface area (Å²) in [6.07, 6.45) is 0.591. The summed E-state index contributed by atoms with van der Waals surface area (Å²) in [7, 11) is 1.40. The van der Waals surface area contributed by atoms with E-state index in [-0.39, 0.29) is 24.1 Å². The Kier molecular flexibility index (Phi) is 5.86. The fraction of sp³-hybridized carbons (Fsp3) is 0.467. The number of hydrogen-bond acceptors (Lipinski definition) is 7. The number of hydrogen-bond donors (Lipinski definition) is 1. The number of fused-ring (bicyclic) bond motifs is 1. The standard InChI is InChI=1S/C15H18FN3O6/c1-8(20)24-6-10(23-3)4-12(25-9(2)21)19-5-11(16)13-14(19)17-7-18-15(13)22/h5,7,10,12H,4,6H2,1-3H3,(H,17,18,22)/t10-,12+/m0/s1. The second kappa shape index (κ2) is 7.88. The number of carbonyl (C=O) groups excluding carboxylic acids is 2. The maximum atomic E-state index is 14.1. The molecule has 1 N–H and O–H groups in total. The van der Waals surface area contributed by atoms with Gasteiger partial charge in [-0.2, -0.15) is 0 Å². The van der Waals surface area contributed by atoms with Crippen molar-refractivity contribution in [3.63, 3.8) is 0 Å². The minimum Gasteiger partial charge on any atom is -0.463 e. The molecule has 0 spiro atoms. The molecule has 136 valence electrons. The molecule has 2 heterocycles. The van der Waals surface area contributed by atoms with Gasteiger partial charge < -0.3 is 19.2 Å². The largest absolute Gasteiger partial charge is 0.463 e. The molecule has 0 aliphatic carbocycles. The Morgan fingerprint density at radius 3 is 2.68 bits per heavy atom. The van der Waals surface area contributed by atoms with Crippen LogP contribution in [0.5, 0.6) is 0 Å². The number of methoxy groups -OCH3 is 1. The number of nitrogens with one attached hydrogen (secondary N) is 1. The molecular formula is C15H18FN3O6. The third-order valence-corrected chi connectivity index (χ3v) is 3.45. The summed E-state index contributed by atoms with van der Waals surface area (Å²) in [6.45, 7) is 2.38. The first-order chi connectivity index (χ1) is 11.8. The van der Waals surface area contributed by atoms with Crippen LogP contribution < -0.4 is 5.56 Å². The van der Waals surface area contributed by atoms with Gasteiger partial charge in [-0.3, -0.25) is 19.0 Å². The van der Waals surface area contributed by atoms with Gasteiger partial charge in [-0.1, -0.05) is 0 Å². The molecule has 0 radical (unpaired) electrons. The fourth-order valence-electron chi connectivity index (χ4n) is 2.35. The zero-order valence-electron chi connectivity index (χ0n) is 13.9. The van der Waals surface area contributed by atoms with E-state index in [1.165, 1.54) is 25.5 Å². The summed E-state index contributed by atoms with van der Waals surface area (Å²) >= 11 is 0. The van der Waals surface area contributed by atoms with E-state index < -0.39 is 35.6 Å². The number of rotatable bonds is 7. The van der Waals surface area contributed by atoms with E-state index in [0.29, 0.717) is 0 Å². The second-order valence-electron chi connectivity index (χ2n) is 5.27. The molecule has 2 rings (SSSR count). The van der Waals surface area contributed by atoms with Crippen molar-refractivity contribution in [3.05, 3.63) is 28.7 Å². The van der Waals surface area contributed by atoms with Crippen LogP contribution in [0, 0.1) is 5.82 Å². The number of nitrogens with zero attached hydrogens (tertiary/aromatic N) is 2. The van der Waals surface area contributed by atoms with Gasteiger partial charge in [0.05, 0.1) is 12.4 Å². The van der Waals surface area contributed by atoms with Crippen molar-refractivity contribution in [1.82, 2.24) is 14.5 Å². The Bertz CT molecular complexity index is 830. The molecule has 0 saturated carbocycles. The average Bonchev–Trinajstić information content (AvgIpc) is 2.88. The Morgan fingerprint density at radius 2 is 2.08 bits per heavy atom. The quantitative estimate of drug-likeness (QED) is 0.734. The SMILES string of the molecule is CO[C@H](COC(C)=O)C[C@@H](OC(C)=O)n1cc(F)c2c(=O)[nH]cnc21. The highest BCUT2D eigenvalue weighted by Gasteiger charge is 2.25. The molecule has 0 bridgehead atoms. The number of esters is 2. The van der Waals surface area contributed by atoms with Crippen molar-refractivity contribution >= 4 is 23.0 Å². The number of aromatic nitrogens is 3. The van der Waals surface area contributed by atoms with Crippen LogP contribution in [0.2, 0.25) is 0 Å². The summed E-state index contributed by atoms with van der Waals surface area (Å²) in [5.74, 6) is -1.90. The lowest BCUT2D eigenvalue weighted by Crippen LogP contribution is -2.27. The predicted molar refractivity (Wildman–Crippen MR) is 83.2 cm³/mol. The number of ether oxygens (including phenoxy) is 3. The first-order valence-electron chi connectivity index (χ1n) is 7.40. The smallest absolute Gasteiger partial charge is 0.304 e. The summed E-state index contributed by atoms with van der Waals surface area (Å²) < 4.78 is 30.7. The van der Waals surface area contributed by atoms with E-state index in [2.05, 4.69) is 9.97 Å². The Labute approximate surface area is 141 Å². The van der Waals surface area contributed by atoms with Crippen LogP contribution in [0.4, 0.5) is 4.39 Å². The van der Waals surface area contributed by atoms with E-state index in [1.54, 1.807) is 0 Å². The van der Waals surface area contributed by atoms with Crippen molar-refractivity contribution in [2.24, 2.45) is 0 Å². The van der Waals surface area contributed by atoms with E-state index in [1.807, 2.05) is 0 Å². The van der Waals surface area contributed by atoms with Crippen molar-refractivity contribution in [2.75, 3.05) is 13.7 Å². The van der Waals surface area contributed by atoms with Crippen LogP contribution in [0.1, 0.15) is 26.5 Å². The number of carbonyl (C=O) groups is 2. The average molecular weight is 355 g/mol. The lowest BCUT2D eigenvalue weighted by Gasteiger charge is -2.23. The van der Waals surface area contributed by atoms with Crippen LogP contribution in [0.25, 0.3) is 11.0 Å². The zero-order chi connectivity index (χ0) is 18.6. The van der Waals surface area contributed by atoms with E-state index in [9.17, 15) is 18.8 Å². The van der Waals surface area contributed by atoms with Gasteiger partial charge in [-0.15, -0.1) is 0 Å². The van der Waals surface area contributed by atoms with Crippen LogP contribution in [0.3, 0.4) is 0 Å². The van der Waals surface area contributed by atoms with Crippen molar-refractivity contribution in [2.45, 2.75) is 32.6 Å². The third kappa shape index (κ3) is 4.41. The van der Waals surface area contributed by atoms with E-state index >= 15 is 0 Å². The first-order valence-corrected chi connectivity index (χ1v) is 7.40. The van der Waals surface area contributed by atoms with Crippen LogP contribution in [-0.4, -0.2) is 46.3 Å². The Hall–Kier alpha value is -2.75. The van der Waals surface area contributed by atoms with Gasteiger partial charge in [0.2, 0.25) is 0 Å². The van der Waals surface area contributed by atoms with E-state index in [0.717, 1.165) is 12.5 Å². The van der Waals surface area contributed by atoms with Crippen molar-refractivity contribution < 1.29 is 28.2 Å². The summed E-state index contributed by atoms with van der Waals surface area (Å²) in [5.41, 5.74) is -0.624. The molecular weight excluding hydrogens is 337 g/mol. The molecule has 10 heteroatoms. The first kappa shape index (κ1) is 18.6. The number of halogens is 1. The van der Waals surface area contributed by atoms with E-state index in [4.69, 9.17) is 14.2 Å². The molecule has 2 aromatic rings. The highest BCUT2D eigenvalue weighted by Crippen LogP contribution is 2.24. The van der Waals surface area contributed by atoms with Gasteiger partial charge in [-0.25, -0.2) is 9.37 Å². The van der Waals surface area contributed by atoms with Crippen LogP contribution in [0.15, 0.2) is 17.3 Å². The van der Waals surface area contributed by atoms with Crippen molar-refractivity contribution in [1.29, 1.82) is 0 Å². The van der Waals surface area contributed by atoms with Gasteiger partial charge in [-0.05, 0) is 0 Å². The molecule has 0 saturated heterocycles. The third-order valence-electron chi connectivity index (χ3n) is 3.45. The number of aromatic amines is 1. The van der Waals surface area contributed by atoms with Crippen LogP contribution >= 0.6 is 0 Å². The van der Waals surface area contributed by atoms with Gasteiger partial charge >= 0.3 is 11.9 Å². The summed E-state index contributed by atoms with van der Waals surface area (Å²) in [5, 5.41) is -0.242.